The Morgan fingerprint density at radius 1 is 0.615 bits per heavy atom. The molecule has 3 N–H and O–H groups in total. The monoisotopic (exact) mass is 550 g/mol. The number of aliphatic hydroxyl groups is 2. The molecule has 2 unspecified atom stereocenters. The molecule has 4 heteroatoms. The van der Waals surface area contributed by atoms with E-state index in [9.17, 15) is 15.0 Å². The van der Waals surface area contributed by atoms with Gasteiger partial charge in [-0.1, -0.05) is 154 Å². The van der Waals surface area contributed by atoms with Gasteiger partial charge in [-0.2, -0.15) is 0 Å². The van der Waals surface area contributed by atoms with E-state index in [1.807, 2.05) is 0 Å². The van der Waals surface area contributed by atoms with Crippen LogP contribution in [0.4, 0.5) is 0 Å². The third-order valence-corrected chi connectivity index (χ3v) is 7.70. The molecule has 0 aromatic carbocycles. The normalized spacial score (nSPS) is 13.4. The van der Waals surface area contributed by atoms with Gasteiger partial charge in [0.1, 0.15) is 0 Å². The predicted octanol–water partition coefficient (Wildman–Crippen LogP) is 9.73. The van der Waals surface area contributed by atoms with Gasteiger partial charge in [0.2, 0.25) is 5.91 Å². The van der Waals surface area contributed by atoms with E-state index in [1.54, 1.807) is 0 Å². The van der Waals surface area contributed by atoms with Crippen molar-refractivity contribution in [2.45, 2.75) is 187 Å². The van der Waals surface area contributed by atoms with Crippen LogP contribution in [0.15, 0.2) is 24.3 Å². The smallest absolute Gasteiger partial charge is 0.220 e. The first-order valence-corrected chi connectivity index (χ1v) is 17.0. The summed E-state index contributed by atoms with van der Waals surface area (Å²) in [6, 6.07) is -0.539. The fourth-order valence-corrected chi connectivity index (χ4v) is 5.04. The number of nitrogens with one attached hydrogen (secondary N) is 1. The third-order valence-electron chi connectivity index (χ3n) is 7.70. The SMILES string of the molecule is CCC/C=C\C/C=C\CCCCCCCC(=O)NC(CO)C(O)CCCCCCCCCCCCCCCC. The van der Waals surface area contributed by atoms with Crippen molar-refractivity contribution >= 4 is 5.91 Å². The van der Waals surface area contributed by atoms with Crippen LogP contribution < -0.4 is 5.32 Å². The Bertz CT molecular complexity index is 560. The average Bonchev–Trinajstić information content (AvgIpc) is 2.94. The van der Waals surface area contributed by atoms with Gasteiger partial charge in [-0.15, -0.1) is 0 Å². The second-order valence-corrected chi connectivity index (χ2v) is 11.6. The molecule has 0 radical (unpaired) electrons. The van der Waals surface area contributed by atoms with Crippen molar-refractivity contribution in [1.82, 2.24) is 5.32 Å². The zero-order valence-electron chi connectivity index (χ0n) is 26.2. The Labute approximate surface area is 243 Å². The van der Waals surface area contributed by atoms with Crippen LogP contribution in [-0.2, 0) is 4.79 Å². The number of hydrogen-bond acceptors (Lipinski definition) is 3. The highest BCUT2D eigenvalue weighted by atomic mass is 16.3. The number of hydrogen-bond donors (Lipinski definition) is 3. The molecule has 0 aliphatic rings. The highest BCUT2D eigenvalue weighted by molar-refractivity contribution is 5.76. The molecule has 2 atom stereocenters. The van der Waals surface area contributed by atoms with Crippen LogP contribution in [0.2, 0.25) is 0 Å². The molecule has 1 amide bonds. The van der Waals surface area contributed by atoms with Crippen molar-refractivity contribution in [3.05, 3.63) is 24.3 Å². The topological polar surface area (TPSA) is 69.6 Å². The summed E-state index contributed by atoms with van der Waals surface area (Å²) >= 11 is 0. The summed E-state index contributed by atoms with van der Waals surface area (Å²) in [6.07, 6.45) is 37.9. The minimum absolute atomic E-state index is 0.0480. The summed E-state index contributed by atoms with van der Waals surface area (Å²) in [5.74, 6) is -0.0480. The Kier molecular flexibility index (Phi) is 30.5. The molecule has 230 valence electrons. The zero-order chi connectivity index (χ0) is 28.7. The Morgan fingerprint density at radius 2 is 1.10 bits per heavy atom. The number of carbonyl (C=O) groups excluding carboxylic acids is 1. The fraction of sp³-hybridized carbons (Fsp3) is 0.857. The minimum Gasteiger partial charge on any atom is -0.394 e. The van der Waals surface area contributed by atoms with E-state index in [0.29, 0.717) is 12.8 Å². The zero-order valence-corrected chi connectivity index (χ0v) is 26.2. The van der Waals surface area contributed by atoms with Crippen molar-refractivity contribution < 1.29 is 15.0 Å². The van der Waals surface area contributed by atoms with Gasteiger partial charge < -0.3 is 15.5 Å². The van der Waals surface area contributed by atoms with E-state index in [4.69, 9.17) is 0 Å². The van der Waals surface area contributed by atoms with E-state index < -0.39 is 12.1 Å². The maximum atomic E-state index is 12.3. The Hall–Kier alpha value is -1.13. The Balaban J connectivity index is 3.60. The van der Waals surface area contributed by atoms with E-state index >= 15 is 0 Å². The third kappa shape index (κ3) is 28.2. The van der Waals surface area contributed by atoms with Crippen LogP contribution in [0.5, 0.6) is 0 Å². The summed E-state index contributed by atoms with van der Waals surface area (Å²) in [5.41, 5.74) is 0. The van der Waals surface area contributed by atoms with Crippen LogP contribution >= 0.6 is 0 Å². The molecule has 39 heavy (non-hydrogen) atoms. The van der Waals surface area contributed by atoms with Crippen LogP contribution in [0, 0.1) is 0 Å². The van der Waals surface area contributed by atoms with Gasteiger partial charge in [0.25, 0.3) is 0 Å². The molecule has 0 aromatic heterocycles. The Morgan fingerprint density at radius 3 is 1.64 bits per heavy atom. The minimum atomic E-state index is -0.661. The first kappa shape index (κ1) is 37.9. The molecule has 0 saturated carbocycles. The average molecular weight is 550 g/mol. The number of rotatable bonds is 30. The highest BCUT2D eigenvalue weighted by Crippen LogP contribution is 2.15. The van der Waals surface area contributed by atoms with Crippen molar-refractivity contribution in [1.29, 1.82) is 0 Å². The quantitative estimate of drug-likeness (QED) is 0.0617. The lowest BCUT2D eigenvalue weighted by Crippen LogP contribution is -2.45. The molecule has 0 saturated heterocycles. The van der Waals surface area contributed by atoms with Gasteiger partial charge in [0.15, 0.2) is 0 Å². The molecule has 0 aliphatic heterocycles. The van der Waals surface area contributed by atoms with Gasteiger partial charge >= 0.3 is 0 Å². The fourth-order valence-electron chi connectivity index (χ4n) is 5.04. The first-order chi connectivity index (χ1) is 19.2. The molecule has 0 aromatic rings. The molecule has 0 rings (SSSR count). The summed E-state index contributed by atoms with van der Waals surface area (Å²) in [7, 11) is 0. The lowest BCUT2D eigenvalue weighted by molar-refractivity contribution is -0.123. The van der Waals surface area contributed by atoms with E-state index in [0.717, 1.165) is 44.9 Å². The van der Waals surface area contributed by atoms with Crippen molar-refractivity contribution in [2.75, 3.05) is 6.61 Å². The summed E-state index contributed by atoms with van der Waals surface area (Å²) in [5, 5.41) is 23.0. The molecule has 0 heterocycles. The largest absolute Gasteiger partial charge is 0.394 e. The van der Waals surface area contributed by atoms with Gasteiger partial charge in [0.05, 0.1) is 18.8 Å². The number of aliphatic hydroxyl groups excluding tert-OH is 2. The summed E-state index contributed by atoms with van der Waals surface area (Å²) < 4.78 is 0. The maximum Gasteiger partial charge on any atom is 0.220 e. The number of allylic oxidation sites excluding steroid dienone is 4. The molecule has 0 aliphatic carbocycles. The molecule has 4 nitrogen and oxygen atoms in total. The van der Waals surface area contributed by atoms with Gasteiger partial charge in [-0.05, 0) is 38.5 Å². The van der Waals surface area contributed by atoms with E-state index in [-0.39, 0.29) is 12.5 Å². The van der Waals surface area contributed by atoms with Crippen molar-refractivity contribution in [3.8, 4) is 0 Å². The van der Waals surface area contributed by atoms with Crippen molar-refractivity contribution in [3.63, 3.8) is 0 Å². The summed E-state index contributed by atoms with van der Waals surface area (Å²) in [4.78, 5) is 12.3. The van der Waals surface area contributed by atoms with E-state index in [1.165, 1.54) is 103 Å². The number of amides is 1. The molecular weight excluding hydrogens is 482 g/mol. The van der Waals surface area contributed by atoms with Crippen LogP contribution in [-0.4, -0.2) is 34.9 Å². The second kappa shape index (κ2) is 31.4. The predicted molar refractivity (Wildman–Crippen MR) is 170 cm³/mol. The van der Waals surface area contributed by atoms with Crippen LogP contribution in [0.1, 0.15) is 174 Å². The lowest BCUT2D eigenvalue weighted by Gasteiger charge is -2.22. The van der Waals surface area contributed by atoms with E-state index in [2.05, 4.69) is 43.5 Å². The van der Waals surface area contributed by atoms with Gasteiger partial charge in [-0.3, -0.25) is 4.79 Å². The van der Waals surface area contributed by atoms with Crippen molar-refractivity contribution in [2.24, 2.45) is 0 Å². The van der Waals surface area contributed by atoms with Gasteiger partial charge in [-0.25, -0.2) is 0 Å². The summed E-state index contributed by atoms with van der Waals surface area (Å²) in [6.45, 7) is 4.27. The van der Waals surface area contributed by atoms with Crippen LogP contribution in [0.3, 0.4) is 0 Å². The van der Waals surface area contributed by atoms with Crippen LogP contribution in [0.25, 0.3) is 0 Å². The number of unbranched alkanes of at least 4 members (excludes halogenated alkanes) is 19. The first-order valence-electron chi connectivity index (χ1n) is 17.0. The second-order valence-electron chi connectivity index (χ2n) is 11.6. The standard InChI is InChI=1S/C35H67NO3/c1-3-5-7-9-11-13-15-17-19-20-22-24-26-28-30-34(38)33(32-37)36-35(39)31-29-27-25-23-21-18-16-14-12-10-8-6-4-2/h8,10,14,16,33-34,37-38H,3-7,9,11-13,15,17-32H2,1-2H3,(H,36,39)/b10-8-,16-14-. The maximum absolute atomic E-state index is 12.3. The number of carbonyl (C=O) groups is 1. The molecule has 0 spiro atoms. The highest BCUT2D eigenvalue weighted by Gasteiger charge is 2.19. The molecule has 0 bridgehead atoms. The molecular formula is C35H67NO3. The van der Waals surface area contributed by atoms with Gasteiger partial charge in [0, 0.05) is 6.42 Å². The lowest BCUT2D eigenvalue weighted by atomic mass is 10.0. The molecule has 0 fully saturated rings.